The lowest BCUT2D eigenvalue weighted by Gasteiger charge is -2.05. The predicted molar refractivity (Wildman–Crippen MR) is 70.0 cm³/mol. The van der Waals surface area contributed by atoms with Gasteiger partial charge in [0.15, 0.2) is 6.61 Å². The molecular weight excluding hydrogens is 252 g/mol. The van der Waals surface area contributed by atoms with Crippen LogP contribution in [0.3, 0.4) is 0 Å². The van der Waals surface area contributed by atoms with Crippen molar-refractivity contribution in [2.75, 3.05) is 6.61 Å². The molecule has 2 aromatic carbocycles. The number of carbonyl (C=O) groups is 1. The van der Waals surface area contributed by atoms with E-state index in [1.165, 1.54) is 0 Å². The Bertz CT molecular complexity index is 532. The molecule has 2 aromatic rings. The number of carboxylic acid groups (broad SMARTS) is 1. The van der Waals surface area contributed by atoms with E-state index in [9.17, 15) is 4.79 Å². The molecule has 0 aromatic heterocycles. The minimum Gasteiger partial charge on any atom is -0.482 e. The number of benzene rings is 2. The standard InChI is InChI=1S/C14H11ClO3/c15-12-5-1-10(2-6-12)11-3-7-13(8-4-11)18-9-14(16)17/h1-8H,9H2,(H,16,17). The van der Waals surface area contributed by atoms with Crippen LogP contribution in [0, 0.1) is 0 Å². The Morgan fingerprint density at radius 1 is 1.00 bits per heavy atom. The summed E-state index contributed by atoms with van der Waals surface area (Å²) in [5.74, 6) is -0.452. The van der Waals surface area contributed by atoms with Gasteiger partial charge in [-0.2, -0.15) is 0 Å². The van der Waals surface area contributed by atoms with Crippen molar-refractivity contribution < 1.29 is 14.6 Å². The molecule has 92 valence electrons. The van der Waals surface area contributed by atoms with Crippen LogP contribution in [0.25, 0.3) is 11.1 Å². The third-order valence-corrected chi connectivity index (χ3v) is 2.65. The van der Waals surface area contributed by atoms with Crippen molar-refractivity contribution in [3.63, 3.8) is 0 Å². The molecule has 2 rings (SSSR count). The normalized spacial score (nSPS) is 10.1. The summed E-state index contributed by atoms with van der Waals surface area (Å²) in [4.78, 5) is 10.4. The second-order valence-corrected chi connectivity index (χ2v) is 4.15. The van der Waals surface area contributed by atoms with Crippen molar-refractivity contribution in [3.8, 4) is 16.9 Å². The molecule has 18 heavy (non-hydrogen) atoms. The van der Waals surface area contributed by atoms with Gasteiger partial charge in [0.25, 0.3) is 0 Å². The zero-order valence-electron chi connectivity index (χ0n) is 9.47. The number of halogens is 1. The fourth-order valence-corrected chi connectivity index (χ4v) is 1.66. The predicted octanol–water partition coefficient (Wildman–Crippen LogP) is 3.47. The van der Waals surface area contributed by atoms with E-state index in [1.807, 2.05) is 36.4 Å². The molecule has 3 nitrogen and oxygen atoms in total. The van der Waals surface area contributed by atoms with Gasteiger partial charge in [-0.25, -0.2) is 4.79 Å². The van der Waals surface area contributed by atoms with Gasteiger partial charge in [0, 0.05) is 5.02 Å². The first-order chi connectivity index (χ1) is 8.65. The molecule has 0 saturated heterocycles. The largest absolute Gasteiger partial charge is 0.482 e. The highest BCUT2D eigenvalue weighted by molar-refractivity contribution is 6.30. The summed E-state index contributed by atoms with van der Waals surface area (Å²) >= 11 is 5.82. The molecular formula is C14H11ClO3. The average Bonchev–Trinajstić information content (AvgIpc) is 2.38. The third-order valence-electron chi connectivity index (χ3n) is 2.39. The van der Waals surface area contributed by atoms with Gasteiger partial charge in [-0.15, -0.1) is 0 Å². The Hall–Kier alpha value is -2.00. The summed E-state index contributed by atoms with van der Waals surface area (Å²) in [6, 6.07) is 14.7. The fraction of sp³-hybridized carbons (Fsp3) is 0.0714. The Morgan fingerprint density at radius 2 is 1.50 bits per heavy atom. The van der Waals surface area contributed by atoms with Gasteiger partial charge in [0.1, 0.15) is 5.75 Å². The monoisotopic (exact) mass is 262 g/mol. The van der Waals surface area contributed by atoms with Crippen LogP contribution in [0.5, 0.6) is 5.75 Å². The van der Waals surface area contributed by atoms with Crippen LogP contribution in [0.4, 0.5) is 0 Å². The Labute approximate surface area is 110 Å². The fourth-order valence-electron chi connectivity index (χ4n) is 1.53. The van der Waals surface area contributed by atoms with E-state index in [1.54, 1.807) is 12.1 Å². The highest BCUT2D eigenvalue weighted by atomic mass is 35.5. The van der Waals surface area contributed by atoms with Crippen molar-refractivity contribution in [2.45, 2.75) is 0 Å². The maximum absolute atomic E-state index is 10.4. The summed E-state index contributed by atoms with van der Waals surface area (Å²) in [5, 5.41) is 9.19. The third kappa shape index (κ3) is 3.25. The number of aliphatic carboxylic acids is 1. The molecule has 0 saturated carbocycles. The maximum Gasteiger partial charge on any atom is 0.341 e. The van der Waals surface area contributed by atoms with Crippen molar-refractivity contribution in [1.82, 2.24) is 0 Å². The second kappa shape index (κ2) is 5.56. The lowest BCUT2D eigenvalue weighted by atomic mass is 10.1. The minimum absolute atomic E-state index is 0.333. The van der Waals surface area contributed by atoms with Crippen molar-refractivity contribution in [1.29, 1.82) is 0 Å². The van der Waals surface area contributed by atoms with Crippen LogP contribution in [0.1, 0.15) is 0 Å². The molecule has 0 aliphatic rings. The number of ether oxygens (including phenoxy) is 1. The van der Waals surface area contributed by atoms with E-state index < -0.39 is 5.97 Å². The summed E-state index contributed by atoms with van der Waals surface area (Å²) in [6.07, 6.45) is 0. The molecule has 0 spiro atoms. The number of hydrogen-bond donors (Lipinski definition) is 1. The van der Waals surface area contributed by atoms with E-state index in [-0.39, 0.29) is 6.61 Å². The first-order valence-corrected chi connectivity index (χ1v) is 5.73. The van der Waals surface area contributed by atoms with Gasteiger partial charge in [-0.3, -0.25) is 0 Å². The smallest absolute Gasteiger partial charge is 0.341 e. The second-order valence-electron chi connectivity index (χ2n) is 3.71. The minimum atomic E-state index is -0.989. The van der Waals surface area contributed by atoms with Crippen molar-refractivity contribution in [2.24, 2.45) is 0 Å². The van der Waals surface area contributed by atoms with Gasteiger partial charge in [0.05, 0.1) is 0 Å². The Kier molecular flexibility index (Phi) is 3.85. The van der Waals surface area contributed by atoms with Gasteiger partial charge >= 0.3 is 5.97 Å². The molecule has 0 fully saturated rings. The highest BCUT2D eigenvalue weighted by Crippen LogP contribution is 2.23. The quantitative estimate of drug-likeness (QED) is 0.918. The van der Waals surface area contributed by atoms with Gasteiger partial charge in [-0.05, 0) is 35.4 Å². The van der Waals surface area contributed by atoms with Crippen molar-refractivity contribution in [3.05, 3.63) is 53.6 Å². The molecule has 0 amide bonds. The van der Waals surface area contributed by atoms with Crippen LogP contribution in [0.15, 0.2) is 48.5 Å². The summed E-state index contributed by atoms with van der Waals surface area (Å²) in [7, 11) is 0. The van der Waals surface area contributed by atoms with E-state index in [2.05, 4.69) is 0 Å². The van der Waals surface area contributed by atoms with Crippen LogP contribution >= 0.6 is 11.6 Å². The van der Waals surface area contributed by atoms with E-state index in [4.69, 9.17) is 21.4 Å². The lowest BCUT2D eigenvalue weighted by molar-refractivity contribution is -0.139. The zero-order valence-corrected chi connectivity index (χ0v) is 10.2. The van der Waals surface area contributed by atoms with Gasteiger partial charge < -0.3 is 9.84 Å². The van der Waals surface area contributed by atoms with Gasteiger partial charge in [-0.1, -0.05) is 35.9 Å². The molecule has 0 bridgehead atoms. The van der Waals surface area contributed by atoms with Crippen LogP contribution in [0.2, 0.25) is 5.02 Å². The highest BCUT2D eigenvalue weighted by Gasteiger charge is 2.01. The van der Waals surface area contributed by atoms with Crippen LogP contribution in [-0.2, 0) is 4.79 Å². The molecule has 0 aliphatic carbocycles. The summed E-state index contributed by atoms with van der Waals surface area (Å²) in [6.45, 7) is -0.333. The molecule has 0 heterocycles. The number of rotatable bonds is 4. The van der Waals surface area contributed by atoms with E-state index in [0.717, 1.165) is 11.1 Å². The molecule has 1 N–H and O–H groups in total. The number of hydrogen-bond acceptors (Lipinski definition) is 2. The maximum atomic E-state index is 10.4. The average molecular weight is 263 g/mol. The molecule has 4 heteroatoms. The number of carboxylic acids is 1. The van der Waals surface area contributed by atoms with Crippen molar-refractivity contribution >= 4 is 17.6 Å². The zero-order chi connectivity index (χ0) is 13.0. The van der Waals surface area contributed by atoms with E-state index in [0.29, 0.717) is 10.8 Å². The molecule has 0 unspecified atom stereocenters. The van der Waals surface area contributed by atoms with Crippen LogP contribution < -0.4 is 4.74 Å². The first-order valence-electron chi connectivity index (χ1n) is 5.36. The summed E-state index contributed by atoms with van der Waals surface area (Å²) < 4.78 is 5.06. The Balaban J connectivity index is 2.12. The first kappa shape index (κ1) is 12.5. The van der Waals surface area contributed by atoms with Crippen LogP contribution in [-0.4, -0.2) is 17.7 Å². The van der Waals surface area contributed by atoms with Gasteiger partial charge in [0.2, 0.25) is 0 Å². The lowest BCUT2D eigenvalue weighted by Crippen LogP contribution is -2.09. The molecule has 0 aliphatic heterocycles. The van der Waals surface area contributed by atoms with E-state index >= 15 is 0 Å². The Morgan fingerprint density at radius 3 is 2.00 bits per heavy atom. The molecule has 0 atom stereocenters. The summed E-state index contributed by atoms with van der Waals surface area (Å²) in [5.41, 5.74) is 2.07. The SMILES string of the molecule is O=C(O)COc1ccc(-c2ccc(Cl)cc2)cc1. The molecule has 0 radical (unpaired) electrons. The topological polar surface area (TPSA) is 46.5 Å².